The van der Waals surface area contributed by atoms with Crippen molar-refractivity contribution in [1.29, 1.82) is 0 Å². The molecule has 1 heterocycles. The highest BCUT2D eigenvalue weighted by atomic mass is 16.6. The lowest BCUT2D eigenvalue weighted by Gasteiger charge is -2.45. The van der Waals surface area contributed by atoms with E-state index in [1.807, 2.05) is 0 Å². The Bertz CT molecular complexity index is 774. The van der Waals surface area contributed by atoms with Crippen LogP contribution in [0.3, 0.4) is 0 Å². The number of carbonyl (C=O) groups excluding carboxylic acids is 3. The van der Waals surface area contributed by atoms with Crippen LogP contribution in [0.15, 0.2) is 5.16 Å². The second-order valence-corrected chi connectivity index (χ2v) is 8.26. The number of rotatable bonds is 8. The van der Waals surface area contributed by atoms with Crippen molar-refractivity contribution in [3.63, 3.8) is 0 Å². The molecule has 2 aliphatic carbocycles. The van der Waals surface area contributed by atoms with Crippen LogP contribution in [0, 0.1) is 36.0 Å². The van der Waals surface area contributed by atoms with Gasteiger partial charge in [0, 0.05) is 31.2 Å². The van der Waals surface area contributed by atoms with Crippen LogP contribution in [0.4, 0.5) is 0 Å². The largest absolute Gasteiger partial charge is 0.466 e. The Hall–Kier alpha value is -2.44. The summed E-state index contributed by atoms with van der Waals surface area (Å²) in [7, 11) is 0. The SMILES string of the molecule is C#CCCCO/N=C1/C[C@@H](O)[C@@H](O)[C@@H]2[C@@H]3C(=O)N(CCC(=O)OCC)C(=O)[C@H]3CC[C@@H]12. The molecule has 3 rings (SSSR count). The van der Waals surface area contributed by atoms with Gasteiger partial charge >= 0.3 is 5.97 Å². The van der Waals surface area contributed by atoms with Gasteiger partial charge in [-0.25, -0.2) is 0 Å². The number of hydrogen-bond donors (Lipinski definition) is 2. The van der Waals surface area contributed by atoms with Gasteiger partial charge in [-0.1, -0.05) is 5.16 Å². The second kappa shape index (κ2) is 10.2. The van der Waals surface area contributed by atoms with E-state index in [2.05, 4.69) is 11.1 Å². The first kappa shape index (κ1) is 23.2. The van der Waals surface area contributed by atoms with Gasteiger partial charge in [-0.2, -0.15) is 0 Å². The molecule has 0 radical (unpaired) electrons. The summed E-state index contributed by atoms with van der Waals surface area (Å²) in [5.74, 6) is -0.868. The van der Waals surface area contributed by atoms with Crippen LogP contribution in [0.2, 0.25) is 0 Å². The number of carbonyl (C=O) groups is 3. The van der Waals surface area contributed by atoms with Crippen molar-refractivity contribution in [2.24, 2.45) is 28.8 Å². The van der Waals surface area contributed by atoms with Gasteiger partial charge < -0.3 is 19.8 Å². The van der Waals surface area contributed by atoms with Crippen molar-refractivity contribution in [3.8, 4) is 12.3 Å². The van der Waals surface area contributed by atoms with E-state index in [4.69, 9.17) is 16.0 Å². The number of aliphatic hydroxyl groups excluding tert-OH is 2. The molecule has 1 saturated heterocycles. The van der Waals surface area contributed by atoms with Gasteiger partial charge in [0.1, 0.15) is 6.61 Å². The molecule has 9 nitrogen and oxygen atoms in total. The number of hydrogen-bond acceptors (Lipinski definition) is 8. The normalized spacial score (nSPS) is 33.6. The first-order valence-electron chi connectivity index (χ1n) is 10.9. The summed E-state index contributed by atoms with van der Waals surface area (Å²) >= 11 is 0. The third-order valence-electron chi connectivity index (χ3n) is 6.45. The molecule has 1 aliphatic heterocycles. The standard InChI is InChI=1S/C22H30N2O7/c1-3-5-6-11-31-23-15-12-16(25)20(27)18-13(15)7-8-14-19(18)22(29)24(21(14)28)10-9-17(26)30-4-2/h1,13-14,16,18-20,25,27H,4-12H2,2H3/b23-15-/t13-,14-,16+,18-,19+,20+/m0/s1. The van der Waals surface area contributed by atoms with E-state index in [1.54, 1.807) is 6.92 Å². The fourth-order valence-corrected chi connectivity index (χ4v) is 5.06. The van der Waals surface area contributed by atoms with Crippen LogP contribution in [0.1, 0.15) is 45.4 Å². The van der Waals surface area contributed by atoms with Crippen molar-refractivity contribution >= 4 is 23.5 Å². The molecule has 3 aliphatic rings. The van der Waals surface area contributed by atoms with Crippen LogP contribution < -0.4 is 0 Å². The van der Waals surface area contributed by atoms with E-state index < -0.39 is 41.8 Å². The summed E-state index contributed by atoms with van der Waals surface area (Å²) < 4.78 is 4.88. The zero-order chi connectivity index (χ0) is 22.5. The van der Waals surface area contributed by atoms with Crippen LogP contribution in [-0.2, 0) is 24.0 Å². The van der Waals surface area contributed by atoms with Crippen LogP contribution >= 0.6 is 0 Å². The minimum Gasteiger partial charge on any atom is -0.466 e. The van der Waals surface area contributed by atoms with Crippen molar-refractivity contribution in [3.05, 3.63) is 0 Å². The van der Waals surface area contributed by atoms with Gasteiger partial charge in [-0.15, -0.1) is 12.3 Å². The molecule has 6 atom stereocenters. The Morgan fingerprint density at radius 2 is 2.00 bits per heavy atom. The zero-order valence-corrected chi connectivity index (χ0v) is 17.7. The maximum absolute atomic E-state index is 13.1. The predicted molar refractivity (Wildman–Crippen MR) is 109 cm³/mol. The number of unbranched alkanes of at least 4 members (excludes halogenated alkanes) is 1. The monoisotopic (exact) mass is 434 g/mol. The Labute approximate surface area is 181 Å². The van der Waals surface area contributed by atoms with Crippen molar-refractivity contribution in [2.75, 3.05) is 19.8 Å². The number of amides is 2. The number of esters is 1. The van der Waals surface area contributed by atoms with Gasteiger partial charge in [-0.05, 0) is 26.2 Å². The molecule has 0 bridgehead atoms. The average Bonchev–Trinajstić information content (AvgIpc) is 2.99. The van der Waals surface area contributed by atoms with Crippen molar-refractivity contribution < 1.29 is 34.2 Å². The Balaban J connectivity index is 1.75. The van der Waals surface area contributed by atoms with E-state index >= 15 is 0 Å². The lowest BCUT2D eigenvalue weighted by molar-refractivity contribution is -0.145. The molecule has 0 unspecified atom stereocenters. The minimum atomic E-state index is -1.14. The van der Waals surface area contributed by atoms with E-state index in [0.717, 1.165) is 4.90 Å². The molecule has 31 heavy (non-hydrogen) atoms. The molecule has 0 aromatic carbocycles. The van der Waals surface area contributed by atoms with E-state index in [9.17, 15) is 24.6 Å². The Morgan fingerprint density at radius 1 is 1.26 bits per heavy atom. The highest BCUT2D eigenvalue weighted by Crippen LogP contribution is 2.49. The molecular formula is C22H30N2O7. The third kappa shape index (κ3) is 4.75. The number of imide groups is 1. The topological polar surface area (TPSA) is 126 Å². The number of terminal acetylenes is 1. The third-order valence-corrected chi connectivity index (χ3v) is 6.45. The summed E-state index contributed by atoms with van der Waals surface area (Å²) in [6, 6.07) is 0. The van der Waals surface area contributed by atoms with Crippen LogP contribution in [0.25, 0.3) is 0 Å². The number of aliphatic hydroxyl groups is 2. The molecule has 2 N–H and O–H groups in total. The lowest BCUT2D eigenvalue weighted by Crippen LogP contribution is -2.54. The average molecular weight is 434 g/mol. The fraction of sp³-hybridized carbons (Fsp3) is 0.727. The maximum atomic E-state index is 13.1. The van der Waals surface area contributed by atoms with E-state index in [-0.39, 0.29) is 37.8 Å². The highest BCUT2D eigenvalue weighted by Gasteiger charge is 2.59. The quantitative estimate of drug-likeness (QED) is 0.187. The van der Waals surface area contributed by atoms with Gasteiger partial charge in [0.2, 0.25) is 11.8 Å². The van der Waals surface area contributed by atoms with Gasteiger partial charge in [-0.3, -0.25) is 19.3 Å². The molecule has 2 amide bonds. The summed E-state index contributed by atoms with van der Waals surface area (Å²) in [5.41, 5.74) is 0.604. The fourth-order valence-electron chi connectivity index (χ4n) is 5.06. The molecule has 0 spiro atoms. The number of likely N-dealkylation sites (tertiary alicyclic amines) is 1. The molecule has 2 saturated carbocycles. The molecule has 0 aromatic heterocycles. The molecule has 3 fully saturated rings. The molecule has 170 valence electrons. The zero-order valence-electron chi connectivity index (χ0n) is 17.7. The van der Waals surface area contributed by atoms with Gasteiger partial charge in [0.15, 0.2) is 0 Å². The first-order valence-corrected chi connectivity index (χ1v) is 10.9. The molecule has 9 heteroatoms. The van der Waals surface area contributed by atoms with Crippen LogP contribution in [-0.4, -0.2) is 70.6 Å². The Kier molecular flexibility index (Phi) is 7.68. The predicted octanol–water partition coefficient (Wildman–Crippen LogP) is 0.479. The smallest absolute Gasteiger partial charge is 0.307 e. The van der Waals surface area contributed by atoms with Crippen LogP contribution in [0.5, 0.6) is 0 Å². The second-order valence-electron chi connectivity index (χ2n) is 8.26. The Morgan fingerprint density at radius 3 is 2.71 bits per heavy atom. The number of ether oxygens (including phenoxy) is 1. The van der Waals surface area contributed by atoms with E-state index in [1.165, 1.54) is 0 Å². The summed E-state index contributed by atoms with van der Waals surface area (Å²) in [5, 5.41) is 25.3. The van der Waals surface area contributed by atoms with E-state index in [0.29, 0.717) is 38.0 Å². The van der Waals surface area contributed by atoms with Gasteiger partial charge in [0.05, 0.1) is 42.8 Å². The summed E-state index contributed by atoms with van der Waals surface area (Å²) in [6.45, 7) is 2.22. The van der Waals surface area contributed by atoms with Gasteiger partial charge in [0.25, 0.3) is 0 Å². The first-order chi connectivity index (χ1) is 14.9. The highest BCUT2D eigenvalue weighted by molar-refractivity contribution is 6.06. The summed E-state index contributed by atoms with van der Waals surface area (Å²) in [4.78, 5) is 44.2. The molecule has 0 aromatic rings. The number of oxime groups is 1. The molecular weight excluding hydrogens is 404 g/mol. The van der Waals surface area contributed by atoms with Crippen molar-refractivity contribution in [2.45, 2.75) is 57.7 Å². The maximum Gasteiger partial charge on any atom is 0.307 e. The number of fused-ring (bicyclic) bond motifs is 3. The number of nitrogens with zero attached hydrogens (tertiary/aromatic N) is 2. The summed E-state index contributed by atoms with van der Waals surface area (Å²) in [6.07, 6.45) is 5.34. The lowest BCUT2D eigenvalue weighted by atomic mass is 9.60. The minimum absolute atomic E-state index is 0.0429. The van der Waals surface area contributed by atoms with Crippen molar-refractivity contribution in [1.82, 2.24) is 4.90 Å².